The minimum atomic E-state index is -3.54. The van der Waals surface area contributed by atoms with Crippen molar-refractivity contribution in [1.82, 2.24) is 4.31 Å². The summed E-state index contributed by atoms with van der Waals surface area (Å²) < 4.78 is 37.9. The highest BCUT2D eigenvalue weighted by atomic mass is 32.2. The number of carbonyl (C=O) groups excluding carboxylic acids is 1. The number of benzene rings is 2. The molecule has 0 aliphatic carbocycles. The second-order valence-corrected chi connectivity index (χ2v) is 9.35. The van der Waals surface area contributed by atoms with E-state index in [1.165, 1.54) is 11.4 Å². The van der Waals surface area contributed by atoms with Crippen LogP contribution in [0.2, 0.25) is 0 Å². The third kappa shape index (κ3) is 5.48. The van der Waals surface area contributed by atoms with E-state index in [-0.39, 0.29) is 17.3 Å². The lowest BCUT2D eigenvalue weighted by molar-refractivity contribution is -0.114. The molecule has 1 aliphatic heterocycles. The molecule has 1 amide bonds. The molecule has 3 rings (SSSR count). The van der Waals surface area contributed by atoms with Crippen molar-refractivity contribution in [2.75, 3.05) is 44.5 Å². The molecule has 0 bridgehead atoms. The average Bonchev–Trinajstić information content (AvgIpc) is 2.79. The first-order valence-electron chi connectivity index (χ1n) is 10.2. The molecule has 0 atom stereocenters. The first-order valence-corrected chi connectivity index (χ1v) is 11.7. The smallest absolute Gasteiger partial charge is 0.243 e. The van der Waals surface area contributed by atoms with Crippen LogP contribution in [0.3, 0.4) is 0 Å². The Bertz CT molecular complexity index is 1030. The average molecular weight is 448 g/mol. The predicted octanol–water partition coefficient (Wildman–Crippen LogP) is 3.24. The zero-order chi connectivity index (χ0) is 22.4. The molecule has 168 valence electrons. The Morgan fingerprint density at radius 1 is 1.00 bits per heavy atom. The first-order chi connectivity index (χ1) is 14.8. The largest absolute Gasteiger partial charge is 0.497 e. The van der Waals surface area contributed by atoms with Crippen molar-refractivity contribution in [1.29, 1.82) is 0 Å². The van der Waals surface area contributed by atoms with Gasteiger partial charge in [0.1, 0.15) is 11.5 Å². The van der Waals surface area contributed by atoms with E-state index in [1.54, 1.807) is 43.5 Å². The van der Waals surface area contributed by atoms with Gasteiger partial charge in [-0.1, -0.05) is 12.5 Å². The van der Waals surface area contributed by atoms with Crippen molar-refractivity contribution in [3.63, 3.8) is 0 Å². The van der Waals surface area contributed by atoms with Crippen molar-refractivity contribution < 1.29 is 22.7 Å². The van der Waals surface area contributed by atoms with Crippen LogP contribution in [-0.2, 0) is 14.8 Å². The molecule has 8 nitrogen and oxygen atoms in total. The number of amides is 1. The summed E-state index contributed by atoms with van der Waals surface area (Å²) in [6, 6.07) is 10.1. The maximum atomic E-state index is 12.9. The van der Waals surface area contributed by atoms with Crippen molar-refractivity contribution in [2.24, 2.45) is 0 Å². The third-order valence-corrected chi connectivity index (χ3v) is 7.18. The first kappa shape index (κ1) is 22.9. The molecule has 2 aromatic carbocycles. The Morgan fingerprint density at radius 3 is 2.42 bits per heavy atom. The number of carbonyl (C=O) groups is 1. The van der Waals surface area contributed by atoms with E-state index in [2.05, 4.69) is 10.6 Å². The van der Waals surface area contributed by atoms with Gasteiger partial charge in [-0.2, -0.15) is 4.31 Å². The number of aryl methyl sites for hydroxylation is 1. The number of anilines is 2. The fourth-order valence-electron chi connectivity index (χ4n) is 3.48. The number of hydrogen-bond acceptors (Lipinski definition) is 6. The molecule has 2 N–H and O–H groups in total. The van der Waals surface area contributed by atoms with E-state index in [0.717, 1.165) is 24.8 Å². The molecule has 1 heterocycles. The summed E-state index contributed by atoms with van der Waals surface area (Å²) in [5.41, 5.74) is 1.98. The van der Waals surface area contributed by atoms with Gasteiger partial charge in [-0.05, 0) is 49.6 Å². The number of sulfonamides is 1. The van der Waals surface area contributed by atoms with Crippen molar-refractivity contribution in [3.8, 4) is 11.5 Å². The highest BCUT2D eigenvalue weighted by Crippen LogP contribution is 2.29. The van der Waals surface area contributed by atoms with E-state index in [1.807, 2.05) is 6.92 Å². The van der Waals surface area contributed by atoms with Gasteiger partial charge in [0.25, 0.3) is 0 Å². The Hall–Kier alpha value is -2.78. The minimum absolute atomic E-state index is 0.0246. The predicted molar refractivity (Wildman–Crippen MR) is 120 cm³/mol. The zero-order valence-electron chi connectivity index (χ0n) is 18.1. The lowest BCUT2D eigenvalue weighted by Crippen LogP contribution is -2.35. The molecule has 0 spiro atoms. The second-order valence-electron chi connectivity index (χ2n) is 7.41. The monoisotopic (exact) mass is 447 g/mol. The lowest BCUT2D eigenvalue weighted by atomic mass is 10.2. The van der Waals surface area contributed by atoms with Gasteiger partial charge < -0.3 is 20.1 Å². The summed E-state index contributed by atoms with van der Waals surface area (Å²) in [6.07, 6.45) is 2.82. The second kappa shape index (κ2) is 10.0. The van der Waals surface area contributed by atoms with Gasteiger partial charge in [-0.25, -0.2) is 8.42 Å². The number of ether oxygens (including phenoxy) is 2. The van der Waals surface area contributed by atoms with Gasteiger partial charge in [-0.15, -0.1) is 0 Å². The van der Waals surface area contributed by atoms with Gasteiger partial charge in [0.2, 0.25) is 15.9 Å². The topological polar surface area (TPSA) is 97.0 Å². The molecule has 0 unspecified atom stereocenters. The van der Waals surface area contributed by atoms with E-state index >= 15 is 0 Å². The summed E-state index contributed by atoms with van der Waals surface area (Å²) in [6.45, 7) is 2.93. The Labute approximate surface area is 183 Å². The van der Waals surface area contributed by atoms with Gasteiger partial charge in [-0.3, -0.25) is 4.79 Å². The van der Waals surface area contributed by atoms with Crippen LogP contribution in [-0.4, -0.2) is 52.5 Å². The number of rotatable bonds is 8. The lowest BCUT2D eigenvalue weighted by Gasteiger charge is -2.26. The normalized spacial score (nSPS) is 14.7. The summed E-state index contributed by atoms with van der Waals surface area (Å²) in [5, 5.41) is 5.84. The Balaban J connectivity index is 1.69. The molecule has 1 saturated heterocycles. The summed E-state index contributed by atoms with van der Waals surface area (Å²) in [7, 11) is -0.471. The summed E-state index contributed by atoms with van der Waals surface area (Å²) >= 11 is 0. The van der Waals surface area contributed by atoms with E-state index in [9.17, 15) is 13.2 Å². The van der Waals surface area contributed by atoms with Crippen LogP contribution in [0.25, 0.3) is 0 Å². The van der Waals surface area contributed by atoms with Crippen LogP contribution in [0, 0.1) is 6.92 Å². The van der Waals surface area contributed by atoms with Crippen molar-refractivity contribution in [3.05, 3.63) is 42.0 Å². The van der Waals surface area contributed by atoms with Gasteiger partial charge >= 0.3 is 0 Å². The molecule has 1 aliphatic rings. The molecular weight excluding hydrogens is 418 g/mol. The van der Waals surface area contributed by atoms with E-state index in [4.69, 9.17) is 9.47 Å². The number of piperidine rings is 1. The van der Waals surface area contributed by atoms with E-state index in [0.29, 0.717) is 36.0 Å². The molecule has 2 aromatic rings. The highest BCUT2D eigenvalue weighted by Gasteiger charge is 2.26. The zero-order valence-corrected chi connectivity index (χ0v) is 18.9. The fourth-order valence-corrected chi connectivity index (χ4v) is 5.02. The van der Waals surface area contributed by atoms with E-state index < -0.39 is 10.0 Å². The van der Waals surface area contributed by atoms with Gasteiger partial charge in [0, 0.05) is 24.8 Å². The Kier molecular flexibility index (Phi) is 7.40. The van der Waals surface area contributed by atoms with Crippen LogP contribution >= 0.6 is 0 Å². The fraction of sp³-hybridized carbons (Fsp3) is 0.409. The van der Waals surface area contributed by atoms with Crippen LogP contribution in [0.1, 0.15) is 24.8 Å². The molecule has 0 aromatic heterocycles. The number of hydrogen-bond donors (Lipinski definition) is 2. The summed E-state index contributed by atoms with van der Waals surface area (Å²) in [5.74, 6) is 0.820. The maximum Gasteiger partial charge on any atom is 0.243 e. The van der Waals surface area contributed by atoms with Gasteiger partial charge in [0.15, 0.2) is 0 Å². The molecule has 0 radical (unpaired) electrons. The molecule has 0 saturated carbocycles. The van der Waals surface area contributed by atoms with Crippen LogP contribution < -0.4 is 20.1 Å². The quantitative estimate of drug-likeness (QED) is 0.645. The minimum Gasteiger partial charge on any atom is -0.497 e. The molecule has 9 heteroatoms. The molecule has 31 heavy (non-hydrogen) atoms. The highest BCUT2D eigenvalue weighted by molar-refractivity contribution is 7.89. The SMILES string of the molecule is COc1ccc(NC(=O)CNc2cc(S(=O)(=O)N3CCCCC3)ccc2C)c(OC)c1. The molecular formula is C22H29N3O5S. The van der Waals surface area contributed by atoms with Crippen LogP contribution in [0.5, 0.6) is 11.5 Å². The molecule has 1 fully saturated rings. The van der Waals surface area contributed by atoms with Crippen molar-refractivity contribution >= 4 is 27.3 Å². The standard InChI is InChI=1S/C22H29N3O5S/c1-16-7-9-18(31(27,28)25-11-5-4-6-12-25)14-20(16)23-15-22(26)24-19-10-8-17(29-2)13-21(19)30-3/h7-10,13-14,23H,4-6,11-12,15H2,1-3H3,(H,24,26). The maximum absolute atomic E-state index is 12.9. The number of nitrogens with zero attached hydrogens (tertiary/aromatic N) is 1. The number of methoxy groups -OCH3 is 2. The van der Waals surface area contributed by atoms with Crippen molar-refractivity contribution in [2.45, 2.75) is 31.1 Å². The van der Waals surface area contributed by atoms with Crippen LogP contribution in [0.4, 0.5) is 11.4 Å². The van der Waals surface area contributed by atoms with Crippen LogP contribution in [0.15, 0.2) is 41.3 Å². The Morgan fingerprint density at radius 2 is 1.74 bits per heavy atom. The summed E-state index contributed by atoms with van der Waals surface area (Å²) in [4.78, 5) is 12.7. The number of nitrogens with one attached hydrogen (secondary N) is 2. The third-order valence-electron chi connectivity index (χ3n) is 5.28. The van der Waals surface area contributed by atoms with Gasteiger partial charge in [0.05, 0.1) is 31.3 Å².